The summed E-state index contributed by atoms with van der Waals surface area (Å²) in [6, 6.07) is 6.71. The van der Waals surface area contributed by atoms with Gasteiger partial charge in [-0.05, 0) is 59.7 Å². The molecule has 5 nitrogen and oxygen atoms in total. The van der Waals surface area contributed by atoms with E-state index in [0.29, 0.717) is 19.4 Å². The lowest BCUT2D eigenvalue weighted by Crippen LogP contribution is -2.42. The van der Waals surface area contributed by atoms with Gasteiger partial charge in [0.25, 0.3) is 0 Å². The summed E-state index contributed by atoms with van der Waals surface area (Å²) in [4.78, 5) is 11.8. The first-order chi connectivity index (χ1) is 9.45. The second kappa shape index (κ2) is 6.40. The average molecular weight is 409 g/mol. The van der Waals surface area contributed by atoms with E-state index in [1.807, 2.05) is 0 Å². The summed E-state index contributed by atoms with van der Waals surface area (Å²) < 4.78 is 32.1. The number of ether oxygens (including phenoxy) is 1. The topological polar surface area (TPSA) is 63.7 Å². The van der Waals surface area contributed by atoms with Crippen molar-refractivity contribution in [2.45, 2.75) is 17.7 Å². The van der Waals surface area contributed by atoms with Gasteiger partial charge in [0.1, 0.15) is 0 Å². The molecule has 7 heteroatoms. The van der Waals surface area contributed by atoms with Crippen LogP contribution in [0.3, 0.4) is 0 Å². The van der Waals surface area contributed by atoms with E-state index in [-0.39, 0.29) is 23.3 Å². The lowest BCUT2D eigenvalue weighted by Gasteiger charge is -2.30. The zero-order valence-corrected chi connectivity index (χ0v) is 14.1. The van der Waals surface area contributed by atoms with Crippen LogP contribution >= 0.6 is 22.6 Å². The van der Waals surface area contributed by atoms with Crippen LogP contribution in [0.1, 0.15) is 12.8 Å². The van der Waals surface area contributed by atoms with E-state index in [1.165, 1.54) is 11.4 Å². The molecule has 1 aliphatic rings. The normalized spacial score (nSPS) is 20.6. The van der Waals surface area contributed by atoms with Crippen molar-refractivity contribution in [3.05, 3.63) is 27.8 Å². The van der Waals surface area contributed by atoms with Gasteiger partial charge in [-0.2, -0.15) is 4.31 Å². The van der Waals surface area contributed by atoms with Crippen LogP contribution in [0.15, 0.2) is 29.2 Å². The minimum Gasteiger partial charge on any atom is -0.469 e. The number of nitrogens with zero attached hydrogens (tertiary/aromatic N) is 1. The molecule has 1 aromatic carbocycles. The van der Waals surface area contributed by atoms with Gasteiger partial charge >= 0.3 is 5.97 Å². The highest BCUT2D eigenvalue weighted by molar-refractivity contribution is 14.1. The standard InChI is InChI=1S/C13H16INO4S/c1-19-13(16)10-3-2-8-15(9-10)20(17,18)12-6-4-11(14)5-7-12/h4-7,10H,2-3,8-9H2,1H3. The number of carbonyl (C=O) groups is 1. The Morgan fingerprint density at radius 1 is 1.35 bits per heavy atom. The van der Waals surface area contributed by atoms with Crippen molar-refractivity contribution in [1.82, 2.24) is 4.31 Å². The van der Waals surface area contributed by atoms with Crippen molar-refractivity contribution in [2.24, 2.45) is 5.92 Å². The largest absolute Gasteiger partial charge is 0.469 e. The van der Waals surface area contributed by atoms with Gasteiger partial charge in [0.05, 0.1) is 17.9 Å². The van der Waals surface area contributed by atoms with Crippen LogP contribution in [-0.2, 0) is 19.6 Å². The molecule has 1 unspecified atom stereocenters. The van der Waals surface area contributed by atoms with E-state index >= 15 is 0 Å². The van der Waals surface area contributed by atoms with Crippen LogP contribution in [0.5, 0.6) is 0 Å². The number of hydrogen-bond acceptors (Lipinski definition) is 4. The zero-order chi connectivity index (χ0) is 14.8. The number of halogens is 1. The van der Waals surface area contributed by atoms with Gasteiger partial charge in [-0.3, -0.25) is 4.79 Å². The molecule has 1 aromatic rings. The molecule has 0 spiro atoms. The van der Waals surface area contributed by atoms with Crippen molar-refractivity contribution >= 4 is 38.6 Å². The Labute approximate surface area is 132 Å². The number of rotatable bonds is 3. The monoisotopic (exact) mass is 409 g/mol. The fourth-order valence-electron chi connectivity index (χ4n) is 2.28. The molecule has 1 aliphatic heterocycles. The van der Waals surface area contributed by atoms with Gasteiger partial charge in [0.15, 0.2) is 0 Å². The lowest BCUT2D eigenvalue weighted by molar-refractivity contribution is -0.146. The van der Waals surface area contributed by atoms with E-state index in [9.17, 15) is 13.2 Å². The Balaban J connectivity index is 2.21. The predicted molar refractivity (Wildman–Crippen MR) is 82.7 cm³/mol. The molecular weight excluding hydrogens is 393 g/mol. The number of esters is 1. The van der Waals surface area contributed by atoms with E-state index in [1.54, 1.807) is 24.3 Å². The van der Waals surface area contributed by atoms with E-state index < -0.39 is 10.0 Å². The summed E-state index contributed by atoms with van der Waals surface area (Å²) in [5.41, 5.74) is 0. The molecule has 110 valence electrons. The Hall–Kier alpha value is -0.670. The number of methoxy groups -OCH3 is 1. The first-order valence-corrected chi connectivity index (χ1v) is 8.80. The van der Waals surface area contributed by atoms with Crippen molar-refractivity contribution in [2.75, 3.05) is 20.2 Å². The molecule has 0 bridgehead atoms. The van der Waals surface area contributed by atoms with Crippen LogP contribution in [-0.4, -0.2) is 38.9 Å². The van der Waals surface area contributed by atoms with E-state index in [0.717, 1.165) is 3.57 Å². The van der Waals surface area contributed by atoms with Crippen molar-refractivity contribution in [1.29, 1.82) is 0 Å². The minimum atomic E-state index is -3.53. The highest BCUT2D eigenvalue weighted by atomic mass is 127. The maximum atomic E-state index is 12.5. The third-order valence-corrected chi connectivity index (χ3v) is 5.97. The summed E-state index contributed by atoms with van der Waals surface area (Å²) in [6.07, 6.45) is 1.34. The molecule has 0 aliphatic carbocycles. The Morgan fingerprint density at radius 2 is 2.00 bits per heavy atom. The number of benzene rings is 1. The summed E-state index contributed by atoms with van der Waals surface area (Å²) in [5.74, 6) is -0.708. The molecule has 0 amide bonds. The van der Waals surface area contributed by atoms with Crippen LogP contribution in [0, 0.1) is 9.49 Å². The van der Waals surface area contributed by atoms with Crippen LogP contribution < -0.4 is 0 Å². The predicted octanol–water partition coefficient (Wildman–Crippen LogP) is 1.86. The molecule has 0 N–H and O–H groups in total. The first kappa shape index (κ1) is 15.7. The van der Waals surface area contributed by atoms with Crippen LogP contribution in [0.4, 0.5) is 0 Å². The zero-order valence-electron chi connectivity index (χ0n) is 11.1. The van der Waals surface area contributed by atoms with Crippen molar-refractivity contribution in [3.63, 3.8) is 0 Å². The SMILES string of the molecule is COC(=O)C1CCCN(S(=O)(=O)c2ccc(I)cc2)C1. The Morgan fingerprint density at radius 3 is 2.60 bits per heavy atom. The van der Waals surface area contributed by atoms with Gasteiger partial charge in [0.2, 0.25) is 10.0 Å². The van der Waals surface area contributed by atoms with Gasteiger partial charge in [-0.25, -0.2) is 8.42 Å². The summed E-state index contributed by atoms with van der Waals surface area (Å²) >= 11 is 2.13. The number of hydrogen-bond donors (Lipinski definition) is 0. The lowest BCUT2D eigenvalue weighted by atomic mass is 10.0. The fourth-order valence-corrected chi connectivity index (χ4v) is 4.16. The molecule has 0 saturated carbocycles. The Bertz CT molecular complexity index is 585. The quantitative estimate of drug-likeness (QED) is 0.565. The average Bonchev–Trinajstić information content (AvgIpc) is 2.47. The highest BCUT2D eigenvalue weighted by Gasteiger charge is 2.33. The minimum absolute atomic E-state index is 0.195. The van der Waals surface area contributed by atoms with Crippen molar-refractivity contribution < 1.29 is 17.9 Å². The molecule has 1 atom stereocenters. The van der Waals surface area contributed by atoms with Crippen LogP contribution in [0.25, 0.3) is 0 Å². The molecule has 0 radical (unpaired) electrons. The summed E-state index contributed by atoms with van der Waals surface area (Å²) in [6.45, 7) is 0.642. The summed E-state index contributed by atoms with van der Waals surface area (Å²) in [7, 11) is -2.20. The molecule has 1 heterocycles. The van der Waals surface area contributed by atoms with E-state index in [2.05, 4.69) is 22.6 Å². The molecule has 2 rings (SSSR count). The first-order valence-electron chi connectivity index (χ1n) is 6.28. The van der Waals surface area contributed by atoms with Gasteiger partial charge in [-0.1, -0.05) is 0 Å². The molecule has 0 aromatic heterocycles. The number of carbonyl (C=O) groups excluding carboxylic acids is 1. The molecule has 1 fully saturated rings. The maximum absolute atomic E-state index is 12.5. The van der Waals surface area contributed by atoms with Crippen LogP contribution in [0.2, 0.25) is 0 Å². The van der Waals surface area contributed by atoms with Gasteiger partial charge in [0, 0.05) is 16.7 Å². The second-order valence-corrected chi connectivity index (χ2v) is 7.86. The Kier molecular flexibility index (Phi) is 5.03. The van der Waals surface area contributed by atoms with E-state index in [4.69, 9.17) is 4.74 Å². The highest BCUT2D eigenvalue weighted by Crippen LogP contribution is 2.24. The molecular formula is C13H16INO4S. The number of sulfonamides is 1. The van der Waals surface area contributed by atoms with Crippen molar-refractivity contribution in [3.8, 4) is 0 Å². The molecule has 1 saturated heterocycles. The molecule has 20 heavy (non-hydrogen) atoms. The summed E-state index contributed by atoms with van der Waals surface area (Å²) in [5, 5.41) is 0. The third kappa shape index (κ3) is 3.32. The fraction of sp³-hybridized carbons (Fsp3) is 0.462. The van der Waals surface area contributed by atoms with Gasteiger partial charge in [-0.15, -0.1) is 0 Å². The second-order valence-electron chi connectivity index (χ2n) is 4.68. The third-order valence-electron chi connectivity index (χ3n) is 3.37. The maximum Gasteiger partial charge on any atom is 0.309 e. The number of piperidine rings is 1. The van der Waals surface area contributed by atoms with Gasteiger partial charge < -0.3 is 4.74 Å². The smallest absolute Gasteiger partial charge is 0.309 e.